The predicted molar refractivity (Wildman–Crippen MR) is 128 cm³/mol. The van der Waals surface area contributed by atoms with Crippen LogP contribution in [-0.4, -0.2) is 18.5 Å². The Labute approximate surface area is 195 Å². The quantitative estimate of drug-likeness (QED) is 0.375. The molecule has 0 nitrogen and oxygen atoms in total. The Bertz CT molecular complexity index is 549. The molecule has 0 spiro atoms. The van der Waals surface area contributed by atoms with E-state index < -0.39 is 18.5 Å². The van der Waals surface area contributed by atoms with Gasteiger partial charge in [-0.25, -0.2) is 13.2 Å². The van der Waals surface area contributed by atoms with E-state index in [2.05, 4.69) is 13.8 Å². The minimum atomic E-state index is -1.24. The predicted octanol–water partition coefficient (Wildman–Crippen LogP) is 9.27. The maximum Gasteiger partial charge on any atom is 0.134 e. The third kappa shape index (κ3) is 5.88. The van der Waals surface area contributed by atoms with Crippen molar-refractivity contribution in [3.63, 3.8) is 0 Å². The van der Waals surface area contributed by atoms with Crippen molar-refractivity contribution in [3.8, 4) is 0 Å². The van der Waals surface area contributed by atoms with Crippen molar-refractivity contribution in [2.45, 2.75) is 135 Å². The summed E-state index contributed by atoms with van der Waals surface area (Å²) in [5.41, 5.74) is 0. The van der Waals surface area contributed by atoms with Crippen LogP contribution in [0.5, 0.6) is 0 Å². The molecule has 0 aliphatic heterocycles. The fourth-order valence-electron chi connectivity index (χ4n) is 8.21. The molecule has 32 heavy (non-hydrogen) atoms. The van der Waals surface area contributed by atoms with Gasteiger partial charge >= 0.3 is 0 Å². The lowest BCUT2D eigenvalue weighted by atomic mass is 9.66. The standard InChI is InChI=1S/C29H49F3/c1-3-20-9-16-25(27(30)18-20)22-12-6-21(7-13-22)8-14-24-15-17-26(29(32)28(24)31)23-10-4-19(2)5-11-23/h19-29H,3-18H2,1-2H3/t19?,20?,21?,22?,23?,24?,25?,26?,27?,28-,29?/m0/s1. The molecule has 0 aromatic carbocycles. The van der Waals surface area contributed by atoms with Gasteiger partial charge in [-0.05, 0) is 112 Å². The van der Waals surface area contributed by atoms with Crippen LogP contribution in [0.25, 0.3) is 0 Å². The van der Waals surface area contributed by atoms with Gasteiger partial charge in [0.05, 0.1) is 0 Å². The molecular formula is C29H49F3. The fraction of sp³-hybridized carbons (Fsp3) is 1.00. The van der Waals surface area contributed by atoms with Gasteiger partial charge < -0.3 is 0 Å². The van der Waals surface area contributed by atoms with Gasteiger partial charge in [-0.15, -0.1) is 0 Å². The van der Waals surface area contributed by atoms with E-state index in [-0.39, 0.29) is 11.8 Å². The lowest BCUT2D eigenvalue weighted by Gasteiger charge is -2.42. The van der Waals surface area contributed by atoms with Gasteiger partial charge in [0, 0.05) is 0 Å². The molecule has 6 unspecified atom stereocenters. The van der Waals surface area contributed by atoms with Crippen molar-refractivity contribution in [2.24, 2.45) is 47.3 Å². The van der Waals surface area contributed by atoms with Crippen LogP contribution in [0, 0.1) is 47.3 Å². The normalized spacial score (nSPS) is 48.5. The number of halogens is 3. The van der Waals surface area contributed by atoms with Crippen LogP contribution in [-0.2, 0) is 0 Å². The van der Waals surface area contributed by atoms with Crippen LogP contribution in [0.15, 0.2) is 0 Å². The van der Waals surface area contributed by atoms with Crippen LogP contribution in [0.4, 0.5) is 13.2 Å². The molecule has 186 valence electrons. The van der Waals surface area contributed by atoms with Gasteiger partial charge in [0.1, 0.15) is 18.5 Å². The Balaban J connectivity index is 1.18. The van der Waals surface area contributed by atoms with Gasteiger partial charge in [-0.3, -0.25) is 0 Å². The van der Waals surface area contributed by atoms with E-state index >= 15 is 8.78 Å². The Kier molecular flexibility index (Phi) is 8.93. The molecule has 3 heteroatoms. The van der Waals surface area contributed by atoms with Crippen LogP contribution < -0.4 is 0 Å². The Hall–Kier alpha value is -0.210. The topological polar surface area (TPSA) is 0 Å². The summed E-state index contributed by atoms with van der Waals surface area (Å²) in [6.07, 6.45) is 14.1. The molecule has 4 aliphatic carbocycles. The van der Waals surface area contributed by atoms with Crippen molar-refractivity contribution in [3.05, 3.63) is 0 Å². The SMILES string of the molecule is CCC1CCC(C2CCC(CCC3CCC(C4CCC(C)CC4)C(F)[C@H]3F)CC2)C(F)C1. The molecule has 4 rings (SSSR count). The second kappa shape index (κ2) is 11.5. The molecule has 0 aromatic rings. The molecule has 0 radical (unpaired) electrons. The van der Waals surface area contributed by atoms with Crippen molar-refractivity contribution < 1.29 is 13.2 Å². The summed E-state index contributed by atoms with van der Waals surface area (Å²) in [7, 11) is 0. The first kappa shape index (κ1) is 24.9. The largest absolute Gasteiger partial charge is 0.247 e. The summed E-state index contributed by atoms with van der Waals surface area (Å²) in [6.45, 7) is 4.48. The molecule has 4 aliphatic rings. The van der Waals surface area contributed by atoms with E-state index in [4.69, 9.17) is 0 Å². The van der Waals surface area contributed by atoms with E-state index in [0.29, 0.717) is 29.6 Å². The van der Waals surface area contributed by atoms with Gasteiger partial charge in [0.15, 0.2) is 0 Å². The minimum Gasteiger partial charge on any atom is -0.247 e. The molecule has 0 saturated heterocycles. The monoisotopic (exact) mass is 454 g/mol. The first-order valence-corrected chi connectivity index (χ1v) is 14.4. The Morgan fingerprint density at radius 1 is 0.594 bits per heavy atom. The van der Waals surface area contributed by atoms with E-state index in [1.165, 1.54) is 32.1 Å². The highest BCUT2D eigenvalue weighted by Crippen LogP contribution is 2.47. The van der Waals surface area contributed by atoms with E-state index in [0.717, 1.165) is 76.5 Å². The van der Waals surface area contributed by atoms with Crippen LogP contribution in [0.1, 0.15) is 117 Å². The maximum absolute atomic E-state index is 15.1. The average molecular weight is 455 g/mol. The van der Waals surface area contributed by atoms with Gasteiger partial charge in [-0.1, -0.05) is 52.4 Å². The first-order valence-electron chi connectivity index (χ1n) is 14.4. The molecular weight excluding hydrogens is 405 g/mol. The van der Waals surface area contributed by atoms with Crippen molar-refractivity contribution in [1.82, 2.24) is 0 Å². The van der Waals surface area contributed by atoms with Crippen LogP contribution in [0.2, 0.25) is 0 Å². The molecule has 0 amide bonds. The van der Waals surface area contributed by atoms with Gasteiger partial charge in [0.2, 0.25) is 0 Å². The summed E-state index contributed by atoms with van der Waals surface area (Å²) in [6, 6.07) is 0. The fourth-order valence-corrected chi connectivity index (χ4v) is 8.21. The molecule has 0 N–H and O–H groups in total. The van der Waals surface area contributed by atoms with Gasteiger partial charge in [0.25, 0.3) is 0 Å². The smallest absolute Gasteiger partial charge is 0.134 e. The zero-order valence-corrected chi connectivity index (χ0v) is 20.8. The van der Waals surface area contributed by atoms with E-state index in [9.17, 15) is 4.39 Å². The average Bonchev–Trinajstić information content (AvgIpc) is 2.81. The summed E-state index contributed by atoms with van der Waals surface area (Å²) in [5, 5.41) is 0. The summed E-state index contributed by atoms with van der Waals surface area (Å²) < 4.78 is 44.9. The zero-order valence-electron chi connectivity index (χ0n) is 20.8. The van der Waals surface area contributed by atoms with Crippen LogP contribution in [0.3, 0.4) is 0 Å². The van der Waals surface area contributed by atoms with Crippen molar-refractivity contribution in [2.75, 3.05) is 0 Å². The van der Waals surface area contributed by atoms with Crippen molar-refractivity contribution in [1.29, 1.82) is 0 Å². The number of alkyl halides is 3. The highest BCUT2D eigenvalue weighted by Gasteiger charge is 2.44. The zero-order chi connectivity index (χ0) is 22.7. The second-order valence-electron chi connectivity index (χ2n) is 12.5. The number of hydrogen-bond donors (Lipinski definition) is 0. The van der Waals surface area contributed by atoms with Crippen molar-refractivity contribution >= 4 is 0 Å². The maximum atomic E-state index is 15.1. The summed E-state index contributed by atoms with van der Waals surface area (Å²) in [5.74, 6) is 3.20. The lowest BCUT2D eigenvalue weighted by molar-refractivity contribution is -0.0158. The molecule has 7 atom stereocenters. The molecule has 0 aromatic heterocycles. The molecule has 0 heterocycles. The van der Waals surface area contributed by atoms with E-state index in [1.807, 2.05) is 0 Å². The third-order valence-corrected chi connectivity index (χ3v) is 10.7. The third-order valence-electron chi connectivity index (χ3n) is 10.7. The summed E-state index contributed by atoms with van der Waals surface area (Å²) >= 11 is 0. The number of rotatable bonds is 6. The second-order valence-corrected chi connectivity index (χ2v) is 12.5. The Morgan fingerprint density at radius 3 is 1.84 bits per heavy atom. The molecule has 4 fully saturated rings. The molecule has 0 bridgehead atoms. The molecule has 4 saturated carbocycles. The highest BCUT2D eigenvalue weighted by molar-refractivity contribution is 4.93. The lowest BCUT2D eigenvalue weighted by Crippen LogP contribution is -2.42. The first-order chi connectivity index (χ1) is 15.5. The van der Waals surface area contributed by atoms with Gasteiger partial charge in [-0.2, -0.15) is 0 Å². The summed E-state index contributed by atoms with van der Waals surface area (Å²) in [4.78, 5) is 0. The number of hydrogen-bond acceptors (Lipinski definition) is 0. The highest BCUT2D eigenvalue weighted by atomic mass is 19.2. The van der Waals surface area contributed by atoms with E-state index in [1.54, 1.807) is 0 Å². The van der Waals surface area contributed by atoms with Crippen LogP contribution >= 0.6 is 0 Å². The minimum absolute atomic E-state index is 0.0272. The Morgan fingerprint density at radius 2 is 1.19 bits per heavy atom.